The predicted molar refractivity (Wildman–Crippen MR) is 121 cm³/mol. The van der Waals surface area contributed by atoms with Crippen molar-refractivity contribution in [1.29, 1.82) is 0 Å². The van der Waals surface area contributed by atoms with Crippen LogP contribution < -0.4 is 14.2 Å². The number of carbonyl (C=O) groups is 1. The zero-order valence-corrected chi connectivity index (χ0v) is 18.8. The number of nitrogens with zero attached hydrogens (tertiary/aromatic N) is 1. The molecule has 1 N–H and O–H groups in total. The highest BCUT2D eigenvalue weighted by molar-refractivity contribution is 7.92. The number of hydrogen-bond acceptors (Lipinski definition) is 5. The van der Waals surface area contributed by atoms with E-state index in [0.29, 0.717) is 42.4 Å². The summed E-state index contributed by atoms with van der Waals surface area (Å²) in [6.45, 7) is 3.22. The number of fused-ring (bicyclic) bond motifs is 1. The molecule has 0 atom stereocenters. The van der Waals surface area contributed by atoms with Crippen LogP contribution in [0.4, 0.5) is 10.1 Å². The van der Waals surface area contributed by atoms with Crippen LogP contribution in [0.25, 0.3) is 0 Å². The molecule has 9 heteroatoms. The number of benzene rings is 3. The van der Waals surface area contributed by atoms with E-state index in [9.17, 15) is 17.6 Å². The Labute approximate surface area is 191 Å². The quantitative estimate of drug-likeness (QED) is 0.563. The molecule has 0 saturated carbocycles. The van der Waals surface area contributed by atoms with Gasteiger partial charge in [0.25, 0.3) is 15.9 Å². The lowest BCUT2D eigenvalue weighted by Crippen LogP contribution is -2.30. The Morgan fingerprint density at radius 1 is 1.00 bits per heavy atom. The summed E-state index contributed by atoms with van der Waals surface area (Å²) in [4.78, 5) is 14.6. The van der Waals surface area contributed by atoms with E-state index in [0.717, 1.165) is 0 Å². The van der Waals surface area contributed by atoms with Gasteiger partial charge in [-0.1, -0.05) is 18.2 Å². The fourth-order valence-electron chi connectivity index (χ4n) is 3.49. The minimum atomic E-state index is -3.92. The third-order valence-electron chi connectivity index (χ3n) is 5.12. The molecule has 3 aromatic rings. The van der Waals surface area contributed by atoms with Crippen molar-refractivity contribution in [1.82, 2.24) is 4.90 Å². The molecule has 1 heterocycles. The summed E-state index contributed by atoms with van der Waals surface area (Å²) < 4.78 is 52.7. The molecule has 4 rings (SSSR count). The van der Waals surface area contributed by atoms with Crippen LogP contribution in [-0.4, -0.2) is 39.0 Å². The topological polar surface area (TPSA) is 84.9 Å². The number of rotatable bonds is 7. The Bertz CT molecular complexity index is 1280. The summed E-state index contributed by atoms with van der Waals surface area (Å²) in [6, 6.07) is 16.7. The third kappa shape index (κ3) is 5.25. The summed E-state index contributed by atoms with van der Waals surface area (Å²) in [5.74, 6) is 0.198. The number of ether oxygens (including phenoxy) is 2. The first-order valence-corrected chi connectivity index (χ1v) is 11.9. The molecule has 172 valence electrons. The molecule has 0 spiro atoms. The monoisotopic (exact) mass is 470 g/mol. The van der Waals surface area contributed by atoms with Crippen LogP contribution in [0.5, 0.6) is 11.5 Å². The molecule has 0 bridgehead atoms. The van der Waals surface area contributed by atoms with Crippen molar-refractivity contribution in [3.05, 3.63) is 83.7 Å². The molecule has 7 nitrogen and oxygen atoms in total. The van der Waals surface area contributed by atoms with Crippen LogP contribution >= 0.6 is 0 Å². The number of carbonyl (C=O) groups excluding carboxylic acids is 1. The second-order valence-electron chi connectivity index (χ2n) is 7.44. The van der Waals surface area contributed by atoms with E-state index in [1.807, 2.05) is 6.92 Å². The Balaban J connectivity index is 1.52. The highest BCUT2D eigenvalue weighted by Gasteiger charge is 2.21. The molecular weight excluding hydrogens is 447 g/mol. The van der Waals surface area contributed by atoms with E-state index in [4.69, 9.17) is 9.47 Å². The zero-order valence-electron chi connectivity index (χ0n) is 18.0. The zero-order chi connectivity index (χ0) is 23.4. The predicted octanol–water partition coefficient (Wildman–Crippen LogP) is 4.06. The number of anilines is 1. The standard InChI is InChI=1S/C24H23FN2O5S/c1-2-27(16-17-5-3-7-19(25)13-17)24(28)18-6-4-8-20(14-18)26-33(29,30)21-9-10-22-23(15-21)32-12-11-31-22/h3-10,13-15,26H,2,11-12,16H2,1H3. The van der Waals surface area contributed by atoms with Gasteiger partial charge in [0.1, 0.15) is 19.0 Å². The molecule has 0 aromatic heterocycles. The Morgan fingerprint density at radius 3 is 2.52 bits per heavy atom. The van der Waals surface area contributed by atoms with Gasteiger partial charge in [0.2, 0.25) is 0 Å². The molecule has 0 saturated heterocycles. The first-order valence-electron chi connectivity index (χ1n) is 10.4. The van der Waals surface area contributed by atoms with Crippen LogP contribution in [0.15, 0.2) is 71.6 Å². The highest BCUT2D eigenvalue weighted by atomic mass is 32.2. The van der Waals surface area contributed by atoms with Gasteiger partial charge in [0, 0.05) is 30.4 Å². The number of hydrogen-bond donors (Lipinski definition) is 1. The summed E-state index contributed by atoms with van der Waals surface area (Å²) in [6.07, 6.45) is 0. The average Bonchev–Trinajstić information content (AvgIpc) is 2.81. The number of nitrogens with one attached hydrogen (secondary N) is 1. The third-order valence-corrected chi connectivity index (χ3v) is 6.50. The van der Waals surface area contributed by atoms with Gasteiger partial charge in [-0.25, -0.2) is 12.8 Å². The van der Waals surface area contributed by atoms with Crippen molar-refractivity contribution in [2.75, 3.05) is 24.5 Å². The van der Waals surface area contributed by atoms with Crippen molar-refractivity contribution >= 4 is 21.6 Å². The molecule has 0 aliphatic carbocycles. The molecular formula is C24H23FN2O5S. The fourth-order valence-corrected chi connectivity index (χ4v) is 4.55. The van der Waals surface area contributed by atoms with Gasteiger partial charge < -0.3 is 14.4 Å². The second-order valence-corrected chi connectivity index (χ2v) is 9.12. The fraction of sp³-hybridized carbons (Fsp3) is 0.208. The van der Waals surface area contributed by atoms with Crippen LogP contribution in [0.1, 0.15) is 22.8 Å². The molecule has 1 amide bonds. The van der Waals surface area contributed by atoms with E-state index >= 15 is 0 Å². The van der Waals surface area contributed by atoms with Crippen LogP contribution in [0.3, 0.4) is 0 Å². The van der Waals surface area contributed by atoms with Crippen molar-refractivity contribution in [3.63, 3.8) is 0 Å². The van der Waals surface area contributed by atoms with Crippen molar-refractivity contribution in [3.8, 4) is 11.5 Å². The van der Waals surface area contributed by atoms with E-state index < -0.39 is 10.0 Å². The Morgan fingerprint density at radius 2 is 1.76 bits per heavy atom. The first-order chi connectivity index (χ1) is 15.9. The van der Waals surface area contributed by atoms with Crippen LogP contribution in [0.2, 0.25) is 0 Å². The lowest BCUT2D eigenvalue weighted by atomic mass is 10.1. The van der Waals surface area contributed by atoms with Gasteiger partial charge in [0.05, 0.1) is 4.90 Å². The van der Waals surface area contributed by atoms with Gasteiger partial charge in [-0.05, 0) is 55.0 Å². The van der Waals surface area contributed by atoms with Crippen molar-refractivity contribution in [2.45, 2.75) is 18.4 Å². The molecule has 0 unspecified atom stereocenters. The summed E-state index contributed by atoms with van der Waals surface area (Å²) in [7, 11) is -3.92. The second kappa shape index (κ2) is 9.50. The minimum Gasteiger partial charge on any atom is -0.486 e. The van der Waals surface area contributed by atoms with E-state index in [-0.39, 0.29) is 28.9 Å². The number of amides is 1. The van der Waals surface area contributed by atoms with E-state index in [1.54, 1.807) is 41.3 Å². The van der Waals surface area contributed by atoms with Gasteiger partial charge >= 0.3 is 0 Å². The Hall–Kier alpha value is -3.59. The molecule has 33 heavy (non-hydrogen) atoms. The largest absolute Gasteiger partial charge is 0.486 e. The van der Waals surface area contributed by atoms with Gasteiger partial charge in [-0.15, -0.1) is 0 Å². The van der Waals surface area contributed by atoms with Gasteiger partial charge in [0.15, 0.2) is 11.5 Å². The summed E-state index contributed by atoms with van der Waals surface area (Å²) in [5.41, 5.74) is 1.23. The van der Waals surface area contributed by atoms with Gasteiger partial charge in [-0.2, -0.15) is 0 Å². The minimum absolute atomic E-state index is 0.0183. The molecule has 0 fully saturated rings. The number of sulfonamides is 1. The molecule has 3 aromatic carbocycles. The maximum absolute atomic E-state index is 13.5. The summed E-state index contributed by atoms with van der Waals surface area (Å²) in [5, 5.41) is 0. The Kier molecular flexibility index (Phi) is 6.50. The van der Waals surface area contributed by atoms with Crippen LogP contribution in [0, 0.1) is 5.82 Å². The average molecular weight is 471 g/mol. The molecule has 0 radical (unpaired) electrons. The maximum atomic E-state index is 13.5. The lowest BCUT2D eigenvalue weighted by Gasteiger charge is -2.21. The van der Waals surface area contributed by atoms with E-state index in [2.05, 4.69) is 4.72 Å². The first kappa shape index (κ1) is 22.6. The van der Waals surface area contributed by atoms with Crippen molar-refractivity contribution in [2.24, 2.45) is 0 Å². The SMILES string of the molecule is CCN(Cc1cccc(F)c1)C(=O)c1cccc(NS(=O)(=O)c2ccc3c(c2)OCCO3)c1. The summed E-state index contributed by atoms with van der Waals surface area (Å²) >= 11 is 0. The van der Waals surface area contributed by atoms with Crippen molar-refractivity contribution < 1.29 is 27.1 Å². The highest BCUT2D eigenvalue weighted by Crippen LogP contribution is 2.32. The number of halogens is 1. The normalized spacial score (nSPS) is 12.8. The van der Waals surface area contributed by atoms with Crippen LogP contribution in [-0.2, 0) is 16.6 Å². The molecule has 1 aliphatic rings. The van der Waals surface area contributed by atoms with Gasteiger partial charge in [-0.3, -0.25) is 9.52 Å². The molecule has 1 aliphatic heterocycles. The maximum Gasteiger partial charge on any atom is 0.262 e. The van der Waals surface area contributed by atoms with E-state index in [1.165, 1.54) is 30.3 Å². The smallest absolute Gasteiger partial charge is 0.262 e. The lowest BCUT2D eigenvalue weighted by molar-refractivity contribution is 0.0752.